The average molecular weight is 427 g/mol. The number of carbonyl (C=O) groups is 2. The van der Waals surface area contributed by atoms with Crippen molar-refractivity contribution < 1.29 is 23.8 Å². The van der Waals surface area contributed by atoms with Gasteiger partial charge in [0.2, 0.25) is 0 Å². The van der Waals surface area contributed by atoms with Crippen molar-refractivity contribution in [3.63, 3.8) is 0 Å². The van der Waals surface area contributed by atoms with Crippen LogP contribution in [-0.4, -0.2) is 29.7 Å². The maximum Gasteiger partial charge on any atom is 0.307 e. The van der Waals surface area contributed by atoms with E-state index in [4.69, 9.17) is 14.2 Å². The Hall–Kier alpha value is -1.98. The maximum absolute atomic E-state index is 13.8. The van der Waals surface area contributed by atoms with Crippen LogP contribution in [0.4, 0.5) is 0 Å². The van der Waals surface area contributed by atoms with Gasteiger partial charge in [0.25, 0.3) is 0 Å². The molecule has 3 unspecified atom stereocenters. The second kappa shape index (κ2) is 7.86. The van der Waals surface area contributed by atoms with Crippen LogP contribution in [0, 0.1) is 11.8 Å². The van der Waals surface area contributed by atoms with E-state index in [9.17, 15) is 9.59 Å². The summed E-state index contributed by atoms with van der Waals surface area (Å²) in [4.78, 5) is 25.9. The van der Waals surface area contributed by atoms with Crippen molar-refractivity contribution in [3.8, 4) is 0 Å². The molecule has 0 amide bonds. The number of aryl methyl sites for hydroxylation is 3. The van der Waals surface area contributed by atoms with Crippen LogP contribution < -0.4 is 0 Å². The van der Waals surface area contributed by atoms with E-state index in [2.05, 4.69) is 32.9 Å². The minimum atomic E-state index is -0.656. The summed E-state index contributed by atoms with van der Waals surface area (Å²) in [5, 5.41) is 0. The number of benzene rings is 1. The number of ketones is 1. The fourth-order valence-electron chi connectivity index (χ4n) is 5.75. The van der Waals surface area contributed by atoms with E-state index in [-0.39, 0.29) is 23.6 Å². The Labute approximate surface area is 185 Å². The van der Waals surface area contributed by atoms with Gasteiger partial charge in [-0.1, -0.05) is 32.9 Å². The second-order valence-corrected chi connectivity index (χ2v) is 9.64. The van der Waals surface area contributed by atoms with Gasteiger partial charge in [-0.25, -0.2) is 0 Å². The minimum Gasteiger partial charge on any atom is -0.430 e. The summed E-state index contributed by atoms with van der Waals surface area (Å²) in [6.45, 7) is 12.1. The molecule has 1 spiro atoms. The first-order valence-corrected chi connectivity index (χ1v) is 11.6. The third-order valence-corrected chi connectivity index (χ3v) is 7.02. The molecule has 31 heavy (non-hydrogen) atoms. The Morgan fingerprint density at radius 2 is 1.68 bits per heavy atom. The second-order valence-electron chi connectivity index (χ2n) is 9.64. The first-order chi connectivity index (χ1) is 14.6. The molecule has 0 radical (unpaired) electrons. The lowest BCUT2D eigenvalue weighted by molar-refractivity contribution is -0.161. The van der Waals surface area contributed by atoms with Gasteiger partial charge in [-0.05, 0) is 68.2 Å². The van der Waals surface area contributed by atoms with Crippen LogP contribution in [0.15, 0.2) is 17.9 Å². The number of hydrogen-bond acceptors (Lipinski definition) is 5. The summed E-state index contributed by atoms with van der Waals surface area (Å²) in [6.07, 6.45) is 3.83. The average Bonchev–Trinajstić information content (AvgIpc) is 3.31. The van der Waals surface area contributed by atoms with Crippen molar-refractivity contribution in [1.82, 2.24) is 0 Å². The van der Waals surface area contributed by atoms with Gasteiger partial charge in [0.1, 0.15) is 5.76 Å². The van der Waals surface area contributed by atoms with Gasteiger partial charge in [0, 0.05) is 18.8 Å². The van der Waals surface area contributed by atoms with Gasteiger partial charge < -0.3 is 14.2 Å². The lowest BCUT2D eigenvalue weighted by Crippen LogP contribution is -2.32. The molecule has 3 atom stereocenters. The quantitative estimate of drug-likeness (QED) is 0.634. The van der Waals surface area contributed by atoms with Gasteiger partial charge >= 0.3 is 5.97 Å². The largest absolute Gasteiger partial charge is 0.430 e. The lowest BCUT2D eigenvalue weighted by Gasteiger charge is -2.26. The molecule has 0 aromatic heterocycles. The molecular formula is C26H34O5. The molecule has 2 fully saturated rings. The van der Waals surface area contributed by atoms with E-state index in [1.165, 1.54) is 12.5 Å². The number of rotatable bonds is 5. The van der Waals surface area contributed by atoms with Crippen molar-refractivity contribution in [1.29, 1.82) is 0 Å². The molecule has 5 nitrogen and oxygen atoms in total. The normalized spacial score (nSPS) is 29.2. The zero-order valence-corrected chi connectivity index (χ0v) is 19.6. The summed E-state index contributed by atoms with van der Waals surface area (Å²) in [5.41, 5.74) is 4.69. The van der Waals surface area contributed by atoms with Crippen LogP contribution in [0.5, 0.6) is 0 Å². The Kier molecular flexibility index (Phi) is 5.63. The van der Waals surface area contributed by atoms with Gasteiger partial charge in [0.15, 0.2) is 11.6 Å². The van der Waals surface area contributed by atoms with Gasteiger partial charge in [0.05, 0.1) is 17.8 Å². The van der Waals surface area contributed by atoms with E-state index in [0.717, 1.165) is 36.0 Å². The van der Waals surface area contributed by atoms with E-state index in [1.54, 1.807) is 0 Å². The predicted molar refractivity (Wildman–Crippen MR) is 118 cm³/mol. The number of fused-ring (bicyclic) bond motifs is 1. The third-order valence-electron chi connectivity index (χ3n) is 7.02. The SMILES string of the molecule is CCc1cc(CC)c(C2=C(OC(C)=O)C3CC4(COC(C)(C)O4)CC3C2=O)c(CC)c1. The minimum absolute atomic E-state index is 0.0834. The fourth-order valence-corrected chi connectivity index (χ4v) is 5.75. The Morgan fingerprint density at radius 1 is 1.06 bits per heavy atom. The maximum atomic E-state index is 13.8. The van der Waals surface area contributed by atoms with Crippen LogP contribution >= 0.6 is 0 Å². The summed E-state index contributed by atoms with van der Waals surface area (Å²) < 4.78 is 17.9. The molecule has 1 saturated heterocycles. The van der Waals surface area contributed by atoms with Crippen molar-refractivity contribution in [2.45, 2.75) is 85.0 Å². The van der Waals surface area contributed by atoms with Gasteiger partial charge in [-0.15, -0.1) is 0 Å². The zero-order valence-electron chi connectivity index (χ0n) is 19.6. The van der Waals surface area contributed by atoms with Crippen LogP contribution in [0.2, 0.25) is 0 Å². The summed E-state index contributed by atoms with van der Waals surface area (Å²) in [6, 6.07) is 4.40. The first-order valence-electron chi connectivity index (χ1n) is 11.6. The van der Waals surface area contributed by atoms with E-state index in [0.29, 0.717) is 30.8 Å². The highest BCUT2D eigenvalue weighted by Crippen LogP contribution is 2.56. The first kappa shape index (κ1) is 22.2. The van der Waals surface area contributed by atoms with Crippen LogP contribution in [-0.2, 0) is 43.1 Å². The van der Waals surface area contributed by atoms with Crippen molar-refractivity contribution in [2.75, 3.05) is 6.61 Å². The topological polar surface area (TPSA) is 61.8 Å². The molecule has 1 heterocycles. The molecule has 1 saturated carbocycles. The monoisotopic (exact) mass is 426 g/mol. The number of ether oxygens (including phenoxy) is 3. The number of Topliss-reactive ketones (excluding diaryl/α,β-unsaturated/α-hetero) is 1. The highest BCUT2D eigenvalue weighted by molar-refractivity contribution is 6.26. The number of allylic oxidation sites excluding steroid dienone is 2. The number of esters is 1. The molecular weight excluding hydrogens is 392 g/mol. The molecule has 168 valence electrons. The number of carbonyl (C=O) groups excluding carboxylic acids is 2. The van der Waals surface area contributed by atoms with Crippen LogP contribution in [0.3, 0.4) is 0 Å². The Balaban J connectivity index is 1.84. The van der Waals surface area contributed by atoms with Crippen molar-refractivity contribution in [2.24, 2.45) is 11.8 Å². The summed E-state index contributed by atoms with van der Waals surface area (Å²) in [7, 11) is 0. The fraction of sp³-hybridized carbons (Fsp3) is 0.615. The number of hydrogen-bond donors (Lipinski definition) is 0. The van der Waals surface area contributed by atoms with Gasteiger partial charge in [-0.3, -0.25) is 9.59 Å². The molecule has 5 heteroatoms. The highest BCUT2D eigenvalue weighted by atomic mass is 16.8. The molecule has 1 aliphatic heterocycles. The third kappa shape index (κ3) is 3.76. The van der Waals surface area contributed by atoms with Crippen LogP contribution in [0.25, 0.3) is 5.57 Å². The van der Waals surface area contributed by atoms with Gasteiger partial charge in [-0.2, -0.15) is 0 Å². The smallest absolute Gasteiger partial charge is 0.307 e. The highest BCUT2D eigenvalue weighted by Gasteiger charge is 2.60. The summed E-state index contributed by atoms with van der Waals surface area (Å²) >= 11 is 0. The van der Waals surface area contributed by atoms with E-state index >= 15 is 0 Å². The molecule has 0 bridgehead atoms. The van der Waals surface area contributed by atoms with Crippen molar-refractivity contribution in [3.05, 3.63) is 40.1 Å². The molecule has 2 aliphatic carbocycles. The molecule has 3 aliphatic rings. The van der Waals surface area contributed by atoms with Crippen LogP contribution in [0.1, 0.15) is 76.6 Å². The zero-order chi connectivity index (χ0) is 22.6. The molecule has 0 N–H and O–H groups in total. The molecule has 4 rings (SSSR count). The Morgan fingerprint density at radius 3 is 2.16 bits per heavy atom. The van der Waals surface area contributed by atoms with E-state index in [1.807, 2.05) is 13.8 Å². The lowest BCUT2D eigenvalue weighted by atomic mass is 9.86. The molecule has 1 aromatic rings. The summed E-state index contributed by atoms with van der Waals surface area (Å²) in [5.74, 6) is -0.795. The molecule has 1 aromatic carbocycles. The Bertz CT molecular complexity index is 932. The standard InChI is InChI=1S/C26H34O5/c1-7-16-10-17(8-2)21(18(9-3)11-16)22-23(28)19-12-26(14-29-25(5,6)31-26)13-20(19)24(22)30-15(4)27/h10-11,19-20H,7-9,12-14H2,1-6H3. The predicted octanol–water partition coefficient (Wildman–Crippen LogP) is 4.78. The van der Waals surface area contributed by atoms with E-state index < -0.39 is 11.4 Å². The van der Waals surface area contributed by atoms with Crippen molar-refractivity contribution >= 4 is 17.3 Å².